The molecule has 0 unspecified atom stereocenters. The van der Waals surface area contributed by atoms with Crippen molar-refractivity contribution < 1.29 is 9.84 Å². The van der Waals surface area contributed by atoms with E-state index in [1.54, 1.807) is 7.11 Å². The molecule has 1 fully saturated rings. The number of ether oxygens (including phenoxy) is 1. The zero-order valence-electron chi connectivity index (χ0n) is 9.86. The Kier molecular flexibility index (Phi) is 3.83. The number of benzene rings is 1. The largest absolute Gasteiger partial charge is 0.497 e. The first-order valence-corrected chi connectivity index (χ1v) is 6.13. The summed E-state index contributed by atoms with van der Waals surface area (Å²) in [6.45, 7) is 0. The molecule has 1 aromatic rings. The van der Waals surface area contributed by atoms with Gasteiger partial charge in [-0.1, -0.05) is 31.4 Å². The second-order valence-corrected chi connectivity index (χ2v) is 4.62. The first-order chi connectivity index (χ1) is 7.81. The third-order valence-electron chi connectivity index (χ3n) is 3.55. The summed E-state index contributed by atoms with van der Waals surface area (Å²) in [6, 6.07) is 7.78. The van der Waals surface area contributed by atoms with Crippen LogP contribution in [0.3, 0.4) is 0 Å². The minimum atomic E-state index is -0.300. The van der Waals surface area contributed by atoms with Crippen molar-refractivity contribution in [2.24, 2.45) is 5.92 Å². The lowest BCUT2D eigenvalue weighted by molar-refractivity contribution is 0.0848. The van der Waals surface area contributed by atoms with E-state index in [0.717, 1.165) is 24.2 Å². The Morgan fingerprint density at radius 1 is 1.12 bits per heavy atom. The molecule has 2 rings (SSSR count). The maximum atomic E-state index is 10.3. The molecule has 1 aliphatic rings. The summed E-state index contributed by atoms with van der Waals surface area (Å²) in [5, 5.41) is 10.3. The van der Waals surface area contributed by atoms with Crippen LogP contribution in [0.15, 0.2) is 24.3 Å². The fourth-order valence-corrected chi connectivity index (χ4v) is 2.52. The van der Waals surface area contributed by atoms with Crippen molar-refractivity contribution in [3.63, 3.8) is 0 Å². The molecular weight excluding hydrogens is 200 g/mol. The lowest BCUT2D eigenvalue weighted by Crippen LogP contribution is -2.15. The van der Waals surface area contributed by atoms with E-state index in [-0.39, 0.29) is 6.10 Å². The molecule has 0 spiro atoms. The van der Waals surface area contributed by atoms with E-state index in [1.165, 1.54) is 19.3 Å². The Morgan fingerprint density at radius 2 is 1.75 bits per heavy atom. The van der Waals surface area contributed by atoms with Gasteiger partial charge in [0.1, 0.15) is 5.75 Å². The molecule has 1 aliphatic carbocycles. The van der Waals surface area contributed by atoms with E-state index in [0.29, 0.717) is 5.92 Å². The maximum absolute atomic E-state index is 10.3. The highest BCUT2D eigenvalue weighted by Crippen LogP contribution is 2.34. The van der Waals surface area contributed by atoms with Gasteiger partial charge >= 0.3 is 0 Å². The molecule has 0 aliphatic heterocycles. The summed E-state index contributed by atoms with van der Waals surface area (Å²) in [5.41, 5.74) is 1.02. The van der Waals surface area contributed by atoms with E-state index in [1.807, 2.05) is 24.3 Å². The smallest absolute Gasteiger partial charge is 0.118 e. The van der Waals surface area contributed by atoms with Gasteiger partial charge in [0.05, 0.1) is 13.2 Å². The fraction of sp³-hybridized carbons (Fsp3) is 0.571. The molecule has 1 aromatic carbocycles. The average molecular weight is 220 g/mol. The molecule has 0 amide bonds. The maximum Gasteiger partial charge on any atom is 0.118 e. The fourth-order valence-electron chi connectivity index (χ4n) is 2.52. The first-order valence-electron chi connectivity index (χ1n) is 6.13. The molecule has 0 radical (unpaired) electrons. The Hall–Kier alpha value is -1.02. The SMILES string of the molecule is COc1ccc([C@@H](O)C2CCCCC2)cc1. The summed E-state index contributed by atoms with van der Waals surface area (Å²) in [6.07, 6.45) is 5.87. The van der Waals surface area contributed by atoms with Gasteiger partial charge in [-0.25, -0.2) is 0 Å². The zero-order valence-corrected chi connectivity index (χ0v) is 9.86. The van der Waals surface area contributed by atoms with Crippen LogP contribution < -0.4 is 4.74 Å². The highest BCUT2D eigenvalue weighted by molar-refractivity contribution is 5.28. The predicted octanol–water partition coefficient (Wildman–Crippen LogP) is 3.31. The molecule has 0 aromatic heterocycles. The monoisotopic (exact) mass is 220 g/mol. The van der Waals surface area contributed by atoms with Crippen molar-refractivity contribution in [1.29, 1.82) is 0 Å². The number of aliphatic hydroxyl groups is 1. The van der Waals surface area contributed by atoms with Gasteiger partial charge in [0.25, 0.3) is 0 Å². The van der Waals surface area contributed by atoms with E-state index in [9.17, 15) is 5.11 Å². The lowest BCUT2D eigenvalue weighted by atomic mass is 9.83. The van der Waals surface area contributed by atoms with Crippen molar-refractivity contribution >= 4 is 0 Å². The first kappa shape index (κ1) is 11.5. The summed E-state index contributed by atoms with van der Waals surface area (Å²) >= 11 is 0. The van der Waals surface area contributed by atoms with Crippen LogP contribution in [0.5, 0.6) is 5.75 Å². The van der Waals surface area contributed by atoms with Crippen LogP contribution >= 0.6 is 0 Å². The van der Waals surface area contributed by atoms with Crippen LogP contribution in [0.2, 0.25) is 0 Å². The van der Waals surface area contributed by atoms with Crippen LogP contribution in [0.25, 0.3) is 0 Å². The minimum absolute atomic E-state index is 0.300. The van der Waals surface area contributed by atoms with Crippen LogP contribution in [0.1, 0.15) is 43.8 Å². The molecule has 88 valence electrons. The number of hydrogen-bond donors (Lipinski definition) is 1. The number of rotatable bonds is 3. The van der Waals surface area contributed by atoms with Crippen LogP contribution in [-0.4, -0.2) is 12.2 Å². The highest BCUT2D eigenvalue weighted by Gasteiger charge is 2.22. The Bertz CT molecular complexity index is 312. The molecule has 1 saturated carbocycles. The topological polar surface area (TPSA) is 29.5 Å². The number of hydrogen-bond acceptors (Lipinski definition) is 2. The van der Waals surface area contributed by atoms with Gasteiger partial charge in [0.2, 0.25) is 0 Å². The van der Waals surface area contributed by atoms with Crippen LogP contribution in [0.4, 0.5) is 0 Å². The average Bonchev–Trinajstić information content (AvgIpc) is 2.39. The van der Waals surface area contributed by atoms with E-state index >= 15 is 0 Å². The van der Waals surface area contributed by atoms with Crippen molar-refractivity contribution in [2.75, 3.05) is 7.11 Å². The highest BCUT2D eigenvalue weighted by atomic mass is 16.5. The normalized spacial score (nSPS) is 19.4. The van der Waals surface area contributed by atoms with Crippen molar-refractivity contribution in [2.45, 2.75) is 38.2 Å². The molecule has 1 N–H and O–H groups in total. The molecule has 0 bridgehead atoms. The van der Waals surface area contributed by atoms with Gasteiger partial charge in [0.15, 0.2) is 0 Å². The molecule has 16 heavy (non-hydrogen) atoms. The van der Waals surface area contributed by atoms with Gasteiger partial charge in [-0.05, 0) is 36.5 Å². The molecule has 0 saturated heterocycles. The number of methoxy groups -OCH3 is 1. The summed E-state index contributed by atoms with van der Waals surface area (Å²) in [4.78, 5) is 0. The summed E-state index contributed by atoms with van der Waals surface area (Å²) < 4.78 is 5.11. The second kappa shape index (κ2) is 5.35. The van der Waals surface area contributed by atoms with Crippen LogP contribution in [0, 0.1) is 5.92 Å². The Balaban J connectivity index is 2.04. The van der Waals surface area contributed by atoms with Gasteiger partial charge < -0.3 is 9.84 Å². The van der Waals surface area contributed by atoms with Gasteiger partial charge in [-0.3, -0.25) is 0 Å². The molecule has 1 atom stereocenters. The predicted molar refractivity (Wildman–Crippen MR) is 64.5 cm³/mol. The third-order valence-corrected chi connectivity index (χ3v) is 3.55. The number of aliphatic hydroxyl groups excluding tert-OH is 1. The molecular formula is C14H20O2. The van der Waals surface area contributed by atoms with Crippen molar-refractivity contribution in [3.05, 3.63) is 29.8 Å². The summed E-state index contributed by atoms with van der Waals surface area (Å²) in [7, 11) is 1.66. The second-order valence-electron chi connectivity index (χ2n) is 4.62. The summed E-state index contributed by atoms with van der Waals surface area (Å²) in [5.74, 6) is 1.29. The zero-order chi connectivity index (χ0) is 11.4. The van der Waals surface area contributed by atoms with Gasteiger partial charge in [0, 0.05) is 0 Å². The quantitative estimate of drug-likeness (QED) is 0.846. The van der Waals surface area contributed by atoms with Gasteiger partial charge in [-0.2, -0.15) is 0 Å². The molecule has 2 nitrogen and oxygen atoms in total. The van der Waals surface area contributed by atoms with E-state index in [2.05, 4.69) is 0 Å². The van der Waals surface area contributed by atoms with Gasteiger partial charge in [-0.15, -0.1) is 0 Å². The van der Waals surface area contributed by atoms with Crippen LogP contribution in [-0.2, 0) is 0 Å². The minimum Gasteiger partial charge on any atom is -0.497 e. The standard InChI is InChI=1S/C14H20O2/c1-16-13-9-7-12(8-10-13)14(15)11-5-3-2-4-6-11/h7-11,14-15H,2-6H2,1H3/t14-/m0/s1. The van der Waals surface area contributed by atoms with Crippen molar-refractivity contribution in [1.82, 2.24) is 0 Å². The van der Waals surface area contributed by atoms with E-state index < -0.39 is 0 Å². The third kappa shape index (κ3) is 2.56. The Labute approximate surface area is 97.3 Å². The molecule has 0 heterocycles. The van der Waals surface area contributed by atoms with Crippen molar-refractivity contribution in [3.8, 4) is 5.75 Å². The Morgan fingerprint density at radius 3 is 2.31 bits per heavy atom. The molecule has 2 heteroatoms. The lowest BCUT2D eigenvalue weighted by Gasteiger charge is -2.26. The van der Waals surface area contributed by atoms with E-state index in [4.69, 9.17) is 4.74 Å².